The lowest BCUT2D eigenvalue weighted by Gasteiger charge is -2.27. The first-order chi connectivity index (χ1) is 9.74. The van der Waals surface area contributed by atoms with E-state index in [2.05, 4.69) is 15.1 Å². The molecule has 2 heterocycles. The van der Waals surface area contributed by atoms with Gasteiger partial charge in [-0.2, -0.15) is 0 Å². The van der Waals surface area contributed by atoms with Crippen LogP contribution in [0.25, 0.3) is 0 Å². The number of fused-ring (bicyclic) bond motifs is 1. The van der Waals surface area contributed by atoms with E-state index >= 15 is 0 Å². The Balaban J connectivity index is 1.57. The quantitative estimate of drug-likeness (QED) is 0.916. The summed E-state index contributed by atoms with van der Waals surface area (Å²) in [5.41, 5.74) is 0.368. The predicted octanol–water partition coefficient (Wildman–Crippen LogP) is 1.36. The first kappa shape index (κ1) is 13.2. The van der Waals surface area contributed by atoms with Crippen molar-refractivity contribution in [1.29, 1.82) is 0 Å². The number of halogens is 1. The Bertz CT molecular complexity index is 586. The fraction of sp³-hybridized carbons (Fsp3) is 0.429. The molecule has 3 rings (SSSR count). The summed E-state index contributed by atoms with van der Waals surface area (Å²) in [5.74, 6) is 0.593. The topological polar surface area (TPSA) is 54.2 Å². The Morgan fingerprint density at radius 3 is 3.00 bits per heavy atom. The van der Waals surface area contributed by atoms with Crippen molar-refractivity contribution in [2.75, 3.05) is 13.1 Å². The largest absolute Gasteiger partial charge is 0.388 e. The van der Waals surface area contributed by atoms with E-state index in [9.17, 15) is 9.50 Å². The van der Waals surface area contributed by atoms with Crippen LogP contribution in [0.3, 0.4) is 0 Å². The van der Waals surface area contributed by atoms with Crippen LogP contribution < -0.4 is 0 Å². The van der Waals surface area contributed by atoms with Crippen LogP contribution in [0.2, 0.25) is 0 Å². The zero-order chi connectivity index (χ0) is 13.9. The second kappa shape index (κ2) is 5.68. The Morgan fingerprint density at radius 2 is 2.15 bits per heavy atom. The third-order valence-corrected chi connectivity index (χ3v) is 3.70. The average molecular weight is 276 g/mol. The zero-order valence-corrected chi connectivity index (χ0v) is 11.1. The smallest absolute Gasteiger partial charge is 0.147 e. The van der Waals surface area contributed by atoms with Crippen LogP contribution in [0.4, 0.5) is 4.39 Å². The molecule has 0 radical (unpaired) electrons. The molecule has 2 aromatic rings. The van der Waals surface area contributed by atoms with Crippen LogP contribution in [-0.2, 0) is 13.1 Å². The molecular formula is C14H17FN4O. The van der Waals surface area contributed by atoms with E-state index in [-0.39, 0.29) is 5.82 Å². The Kier molecular flexibility index (Phi) is 3.75. The van der Waals surface area contributed by atoms with Crippen LogP contribution in [0.5, 0.6) is 0 Å². The molecule has 0 aliphatic carbocycles. The van der Waals surface area contributed by atoms with E-state index in [1.54, 1.807) is 24.5 Å². The van der Waals surface area contributed by atoms with Crippen LogP contribution in [-0.4, -0.2) is 37.9 Å². The normalized spacial score (nSPS) is 16.9. The molecule has 1 unspecified atom stereocenters. The van der Waals surface area contributed by atoms with Crippen molar-refractivity contribution in [3.8, 4) is 0 Å². The molecule has 106 valence electrons. The van der Waals surface area contributed by atoms with E-state index in [4.69, 9.17) is 0 Å². The fourth-order valence-corrected chi connectivity index (χ4v) is 2.51. The van der Waals surface area contributed by atoms with Gasteiger partial charge < -0.3 is 9.67 Å². The van der Waals surface area contributed by atoms with Crippen LogP contribution in [0.15, 0.2) is 30.6 Å². The summed E-state index contributed by atoms with van der Waals surface area (Å²) in [6.45, 7) is 3.19. The number of aliphatic hydroxyl groups excluding tert-OH is 1. The van der Waals surface area contributed by atoms with Crippen LogP contribution in [0, 0.1) is 5.82 Å². The van der Waals surface area contributed by atoms with E-state index in [1.807, 2.05) is 4.57 Å². The summed E-state index contributed by atoms with van der Waals surface area (Å²) in [6.07, 6.45) is 1.48. The van der Waals surface area contributed by atoms with Gasteiger partial charge in [-0.3, -0.25) is 4.90 Å². The van der Waals surface area contributed by atoms with Crippen molar-refractivity contribution >= 4 is 0 Å². The lowest BCUT2D eigenvalue weighted by atomic mass is 10.1. The van der Waals surface area contributed by atoms with E-state index < -0.39 is 6.10 Å². The first-order valence-electron chi connectivity index (χ1n) is 6.75. The molecule has 1 aromatic heterocycles. The van der Waals surface area contributed by atoms with Gasteiger partial charge in [0.1, 0.15) is 18.0 Å². The third-order valence-electron chi connectivity index (χ3n) is 3.70. The second-order valence-electron chi connectivity index (χ2n) is 5.04. The minimum atomic E-state index is -0.768. The summed E-state index contributed by atoms with van der Waals surface area (Å²) in [5, 5.41) is 18.0. The number of hydrogen-bond donors (Lipinski definition) is 1. The van der Waals surface area contributed by atoms with Crippen molar-refractivity contribution < 1.29 is 9.50 Å². The third kappa shape index (κ3) is 2.71. The second-order valence-corrected chi connectivity index (χ2v) is 5.04. The highest BCUT2D eigenvalue weighted by Gasteiger charge is 2.19. The molecule has 0 saturated heterocycles. The van der Waals surface area contributed by atoms with Crippen LogP contribution >= 0.6 is 0 Å². The van der Waals surface area contributed by atoms with Crippen molar-refractivity contribution in [2.24, 2.45) is 0 Å². The Morgan fingerprint density at radius 1 is 1.30 bits per heavy atom. The van der Waals surface area contributed by atoms with Gasteiger partial charge in [0.05, 0.1) is 12.6 Å². The molecule has 5 nitrogen and oxygen atoms in total. The fourth-order valence-electron chi connectivity index (χ4n) is 2.51. The van der Waals surface area contributed by atoms with E-state index in [0.29, 0.717) is 18.5 Å². The van der Waals surface area contributed by atoms with Gasteiger partial charge in [-0.1, -0.05) is 18.2 Å². The number of rotatable bonds is 4. The monoisotopic (exact) mass is 276 g/mol. The lowest BCUT2D eigenvalue weighted by Crippen LogP contribution is -2.34. The standard InChI is InChI=1S/C14H17FN4O/c15-12-4-2-1-3-11(12)13(20)5-6-18-7-8-19-10-16-17-14(19)9-18/h1-4,10,13,20H,5-9H2. The lowest BCUT2D eigenvalue weighted by molar-refractivity contribution is 0.127. The summed E-state index contributed by atoms with van der Waals surface area (Å²) in [6, 6.07) is 6.38. The van der Waals surface area contributed by atoms with Gasteiger partial charge in [0.2, 0.25) is 0 Å². The maximum Gasteiger partial charge on any atom is 0.147 e. The number of aromatic nitrogens is 3. The number of hydrogen-bond acceptors (Lipinski definition) is 4. The molecular weight excluding hydrogens is 259 g/mol. The molecule has 0 saturated carbocycles. The summed E-state index contributed by atoms with van der Waals surface area (Å²) in [7, 11) is 0. The van der Waals surface area contributed by atoms with Crippen molar-refractivity contribution in [3.63, 3.8) is 0 Å². The van der Waals surface area contributed by atoms with Crippen molar-refractivity contribution in [2.45, 2.75) is 25.6 Å². The molecule has 6 heteroatoms. The van der Waals surface area contributed by atoms with Gasteiger partial charge in [0.15, 0.2) is 0 Å². The molecule has 1 atom stereocenters. The minimum Gasteiger partial charge on any atom is -0.388 e. The molecule has 1 aliphatic heterocycles. The highest BCUT2D eigenvalue weighted by molar-refractivity contribution is 5.19. The average Bonchev–Trinajstić information content (AvgIpc) is 2.92. The molecule has 0 spiro atoms. The van der Waals surface area contributed by atoms with Gasteiger partial charge in [-0.15, -0.1) is 10.2 Å². The Labute approximate surface area is 116 Å². The maximum absolute atomic E-state index is 13.6. The number of aliphatic hydroxyl groups is 1. The molecule has 1 N–H and O–H groups in total. The SMILES string of the molecule is OC(CCN1CCn2cnnc2C1)c1ccccc1F. The van der Waals surface area contributed by atoms with Gasteiger partial charge in [0, 0.05) is 25.2 Å². The molecule has 0 fully saturated rings. The predicted molar refractivity (Wildman–Crippen MR) is 71.3 cm³/mol. The summed E-state index contributed by atoms with van der Waals surface area (Å²) < 4.78 is 15.6. The first-order valence-corrected chi connectivity index (χ1v) is 6.75. The van der Waals surface area contributed by atoms with Crippen molar-refractivity contribution in [1.82, 2.24) is 19.7 Å². The Hall–Kier alpha value is -1.79. The molecule has 0 bridgehead atoms. The van der Waals surface area contributed by atoms with Gasteiger partial charge in [-0.25, -0.2) is 4.39 Å². The van der Waals surface area contributed by atoms with Crippen molar-refractivity contribution in [3.05, 3.63) is 47.8 Å². The summed E-state index contributed by atoms with van der Waals surface area (Å²) >= 11 is 0. The highest BCUT2D eigenvalue weighted by Crippen LogP contribution is 2.21. The van der Waals surface area contributed by atoms with E-state index in [1.165, 1.54) is 6.07 Å². The minimum absolute atomic E-state index is 0.349. The molecule has 1 aliphatic rings. The van der Waals surface area contributed by atoms with Gasteiger partial charge >= 0.3 is 0 Å². The molecule has 0 amide bonds. The van der Waals surface area contributed by atoms with Crippen LogP contribution in [0.1, 0.15) is 23.9 Å². The molecule has 1 aromatic carbocycles. The number of benzene rings is 1. The highest BCUT2D eigenvalue weighted by atomic mass is 19.1. The maximum atomic E-state index is 13.6. The molecule has 20 heavy (non-hydrogen) atoms. The van der Waals surface area contributed by atoms with E-state index in [0.717, 1.165) is 25.5 Å². The van der Waals surface area contributed by atoms with Gasteiger partial charge in [0.25, 0.3) is 0 Å². The zero-order valence-electron chi connectivity index (χ0n) is 11.1. The summed E-state index contributed by atoms with van der Waals surface area (Å²) in [4.78, 5) is 2.20. The van der Waals surface area contributed by atoms with Gasteiger partial charge in [-0.05, 0) is 12.5 Å². The number of nitrogens with zero attached hydrogens (tertiary/aromatic N) is 4.